The van der Waals surface area contributed by atoms with E-state index in [1.807, 2.05) is 6.92 Å². The molecule has 1 amide bonds. The van der Waals surface area contributed by atoms with Gasteiger partial charge >= 0.3 is 0 Å². The first-order chi connectivity index (χ1) is 13.8. The highest BCUT2D eigenvalue weighted by molar-refractivity contribution is 7.92. The lowest BCUT2D eigenvalue weighted by molar-refractivity contribution is 0.0937. The van der Waals surface area contributed by atoms with Crippen LogP contribution in [0.1, 0.15) is 49.9 Å². The minimum atomic E-state index is -3.80. The first-order valence-electron chi connectivity index (χ1n) is 9.83. The third-order valence-corrected chi connectivity index (χ3v) is 6.59. The summed E-state index contributed by atoms with van der Waals surface area (Å²) in [5, 5.41) is 2.95. The van der Waals surface area contributed by atoms with Gasteiger partial charge in [0.15, 0.2) is 0 Å². The van der Waals surface area contributed by atoms with Gasteiger partial charge in [0.2, 0.25) is 0 Å². The van der Waals surface area contributed by atoms with Crippen molar-refractivity contribution in [1.29, 1.82) is 0 Å². The number of methoxy groups -OCH3 is 1. The SMILES string of the molecule is CCCCCC(C)NC(=O)c1cccc(S(=O)(=O)N(C)c2ccc(OC)cc2)c1. The molecule has 0 fully saturated rings. The Bertz CT molecular complexity index is 911. The van der Waals surface area contributed by atoms with Crippen molar-refractivity contribution in [3.05, 3.63) is 54.1 Å². The molecular weight excluding hydrogens is 388 g/mol. The van der Waals surface area contributed by atoms with Crippen LogP contribution >= 0.6 is 0 Å². The molecule has 1 N–H and O–H groups in total. The molecule has 0 heterocycles. The third kappa shape index (κ3) is 5.97. The zero-order chi connectivity index (χ0) is 21.4. The highest BCUT2D eigenvalue weighted by Crippen LogP contribution is 2.24. The van der Waals surface area contributed by atoms with Crippen LogP contribution in [0.4, 0.5) is 5.69 Å². The summed E-state index contributed by atoms with van der Waals surface area (Å²) in [7, 11) is -0.763. The molecular formula is C22H30N2O4S. The molecule has 0 aliphatic heterocycles. The fourth-order valence-electron chi connectivity index (χ4n) is 2.97. The number of hydrogen-bond donors (Lipinski definition) is 1. The van der Waals surface area contributed by atoms with Gasteiger partial charge in [0.25, 0.3) is 15.9 Å². The molecule has 2 aromatic rings. The van der Waals surface area contributed by atoms with E-state index in [0.29, 0.717) is 17.0 Å². The first-order valence-corrected chi connectivity index (χ1v) is 11.3. The lowest BCUT2D eigenvalue weighted by Gasteiger charge is -2.20. The van der Waals surface area contributed by atoms with Gasteiger partial charge in [-0.15, -0.1) is 0 Å². The third-order valence-electron chi connectivity index (χ3n) is 4.81. The second-order valence-electron chi connectivity index (χ2n) is 7.07. The number of rotatable bonds is 10. The minimum Gasteiger partial charge on any atom is -0.497 e. The van der Waals surface area contributed by atoms with Crippen LogP contribution in [0.2, 0.25) is 0 Å². The van der Waals surface area contributed by atoms with E-state index in [4.69, 9.17) is 4.74 Å². The van der Waals surface area contributed by atoms with Gasteiger partial charge in [0.1, 0.15) is 5.75 Å². The lowest BCUT2D eigenvalue weighted by Crippen LogP contribution is -2.33. The van der Waals surface area contributed by atoms with Crippen molar-refractivity contribution in [2.45, 2.75) is 50.5 Å². The summed E-state index contributed by atoms with van der Waals surface area (Å²) in [4.78, 5) is 12.6. The molecule has 1 unspecified atom stereocenters. The van der Waals surface area contributed by atoms with Crippen LogP contribution in [0.15, 0.2) is 53.4 Å². The summed E-state index contributed by atoms with van der Waals surface area (Å²) in [5.74, 6) is 0.379. The molecule has 7 heteroatoms. The second kappa shape index (κ2) is 10.3. The van der Waals surface area contributed by atoms with Gasteiger partial charge in [-0.1, -0.05) is 32.3 Å². The summed E-state index contributed by atoms with van der Waals surface area (Å²) in [6.07, 6.45) is 4.21. The van der Waals surface area contributed by atoms with E-state index in [-0.39, 0.29) is 16.8 Å². The first kappa shape index (κ1) is 22.7. The van der Waals surface area contributed by atoms with Gasteiger partial charge in [-0.25, -0.2) is 8.42 Å². The van der Waals surface area contributed by atoms with E-state index < -0.39 is 10.0 Å². The Labute approximate surface area is 173 Å². The number of ether oxygens (including phenoxy) is 1. The van der Waals surface area contributed by atoms with Gasteiger partial charge < -0.3 is 10.1 Å². The van der Waals surface area contributed by atoms with Crippen molar-refractivity contribution in [2.75, 3.05) is 18.5 Å². The maximum atomic E-state index is 13.0. The Kier molecular flexibility index (Phi) is 8.08. The Hall–Kier alpha value is -2.54. The van der Waals surface area contributed by atoms with Crippen molar-refractivity contribution in [2.24, 2.45) is 0 Å². The Morgan fingerprint density at radius 1 is 1.14 bits per heavy atom. The predicted octanol–water partition coefficient (Wildman–Crippen LogP) is 4.22. The fourth-order valence-corrected chi connectivity index (χ4v) is 4.21. The smallest absolute Gasteiger partial charge is 0.264 e. The van der Waals surface area contributed by atoms with Gasteiger partial charge in [0, 0.05) is 18.7 Å². The van der Waals surface area contributed by atoms with Crippen molar-refractivity contribution >= 4 is 21.6 Å². The normalized spacial score (nSPS) is 12.3. The summed E-state index contributed by atoms with van der Waals surface area (Å²) in [6, 6.07) is 12.9. The van der Waals surface area contributed by atoms with Gasteiger partial charge in [-0.05, 0) is 55.8 Å². The molecule has 0 bridgehead atoms. The van der Waals surface area contributed by atoms with Crippen LogP contribution in [0, 0.1) is 0 Å². The van der Waals surface area contributed by atoms with Crippen molar-refractivity contribution in [3.8, 4) is 5.75 Å². The molecule has 0 aliphatic rings. The molecule has 1 atom stereocenters. The number of anilines is 1. The van der Waals surface area contributed by atoms with E-state index in [9.17, 15) is 13.2 Å². The molecule has 0 radical (unpaired) electrons. The number of nitrogens with one attached hydrogen (secondary N) is 1. The van der Waals surface area contributed by atoms with E-state index in [2.05, 4.69) is 12.2 Å². The van der Waals surface area contributed by atoms with E-state index in [1.165, 1.54) is 23.5 Å². The van der Waals surface area contributed by atoms with Crippen LogP contribution in [-0.2, 0) is 10.0 Å². The summed E-state index contributed by atoms with van der Waals surface area (Å²) in [6.45, 7) is 4.10. The quantitative estimate of drug-likeness (QED) is 0.586. The highest BCUT2D eigenvalue weighted by Gasteiger charge is 2.22. The topological polar surface area (TPSA) is 75.7 Å². The zero-order valence-corrected chi connectivity index (χ0v) is 18.3. The second-order valence-corrected chi connectivity index (χ2v) is 9.04. The fraction of sp³-hybridized carbons (Fsp3) is 0.409. The number of nitrogens with zero attached hydrogens (tertiary/aromatic N) is 1. The van der Waals surface area contributed by atoms with E-state index in [1.54, 1.807) is 43.5 Å². The average Bonchev–Trinajstić information content (AvgIpc) is 2.73. The van der Waals surface area contributed by atoms with Gasteiger partial charge in [-0.2, -0.15) is 0 Å². The molecule has 158 valence electrons. The molecule has 6 nitrogen and oxygen atoms in total. The minimum absolute atomic E-state index is 0.0382. The number of sulfonamides is 1. The molecule has 29 heavy (non-hydrogen) atoms. The summed E-state index contributed by atoms with van der Waals surface area (Å²) >= 11 is 0. The molecule has 0 aromatic heterocycles. The van der Waals surface area contributed by atoms with Crippen LogP contribution in [0.25, 0.3) is 0 Å². The van der Waals surface area contributed by atoms with Gasteiger partial charge in [0.05, 0.1) is 17.7 Å². The largest absolute Gasteiger partial charge is 0.497 e. The van der Waals surface area contributed by atoms with Crippen LogP contribution < -0.4 is 14.4 Å². The molecule has 2 aromatic carbocycles. The Morgan fingerprint density at radius 2 is 1.83 bits per heavy atom. The van der Waals surface area contributed by atoms with Crippen molar-refractivity contribution < 1.29 is 17.9 Å². The Balaban J connectivity index is 2.16. The molecule has 0 aliphatic carbocycles. The van der Waals surface area contributed by atoms with Crippen molar-refractivity contribution in [1.82, 2.24) is 5.32 Å². The van der Waals surface area contributed by atoms with E-state index >= 15 is 0 Å². The number of unbranched alkanes of at least 4 members (excludes halogenated alkanes) is 2. The lowest BCUT2D eigenvalue weighted by atomic mass is 10.1. The average molecular weight is 419 g/mol. The number of amides is 1. The zero-order valence-electron chi connectivity index (χ0n) is 17.5. The molecule has 2 rings (SSSR count). The Morgan fingerprint density at radius 3 is 2.45 bits per heavy atom. The standard InChI is InChI=1S/C22H30N2O4S/c1-5-6-7-9-17(2)23-22(25)18-10-8-11-21(16-18)29(26,27)24(3)19-12-14-20(28-4)15-13-19/h8,10-17H,5-7,9H2,1-4H3,(H,23,25). The van der Waals surface area contributed by atoms with Crippen molar-refractivity contribution in [3.63, 3.8) is 0 Å². The number of hydrogen-bond acceptors (Lipinski definition) is 4. The molecule has 0 spiro atoms. The van der Waals surface area contributed by atoms with Crippen LogP contribution in [0.3, 0.4) is 0 Å². The highest BCUT2D eigenvalue weighted by atomic mass is 32.2. The number of carbonyl (C=O) groups excluding carboxylic acids is 1. The van der Waals surface area contributed by atoms with Gasteiger partial charge in [-0.3, -0.25) is 9.10 Å². The van der Waals surface area contributed by atoms with Crippen LogP contribution in [-0.4, -0.2) is 34.5 Å². The summed E-state index contributed by atoms with van der Waals surface area (Å²) in [5.41, 5.74) is 0.835. The maximum absolute atomic E-state index is 13.0. The number of benzene rings is 2. The number of carbonyl (C=O) groups is 1. The monoisotopic (exact) mass is 418 g/mol. The molecule has 0 saturated heterocycles. The van der Waals surface area contributed by atoms with E-state index in [0.717, 1.165) is 25.7 Å². The van der Waals surface area contributed by atoms with Crippen LogP contribution in [0.5, 0.6) is 5.75 Å². The predicted molar refractivity (Wildman–Crippen MR) is 116 cm³/mol. The maximum Gasteiger partial charge on any atom is 0.264 e. The summed E-state index contributed by atoms with van der Waals surface area (Å²) < 4.78 is 32.3. The molecule has 0 saturated carbocycles.